The van der Waals surface area contributed by atoms with E-state index in [1.54, 1.807) is 0 Å². The van der Waals surface area contributed by atoms with Crippen molar-refractivity contribution in [2.45, 2.75) is 82.3 Å². The Labute approximate surface area is 117 Å². The molecule has 108 valence electrons. The molecule has 0 bridgehead atoms. The highest BCUT2D eigenvalue weighted by molar-refractivity contribution is 5.05. The molecule has 1 spiro atoms. The molecule has 2 nitrogen and oxygen atoms in total. The fraction of sp³-hybridized carbons (Fsp3) is 1.00. The Morgan fingerprint density at radius 2 is 1.74 bits per heavy atom. The van der Waals surface area contributed by atoms with Crippen molar-refractivity contribution in [3.63, 3.8) is 0 Å². The third-order valence-corrected chi connectivity index (χ3v) is 6.34. The minimum Gasteiger partial charge on any atom is -0.375 e. The van der Waals surface area contributed by atoms with Gasteiger partial charge in [-0.1, -0.05) is 19.3 Å². The summed E-state index contributed by atoms with van der Waals surface area (Å²) in [5.74, 6) is 1.09. The summed E-state index contributed by atoms with van der Waals surface area (Å²) in [5, 5.41) is 3.94. The molecule has 4 fully saturated rings. The van der Waals surface area contributed by atoms with E-state index in [1.165, 1.54) is 77.2 Å². The van der Waals surface area contributed by atoms with Crippen molar-refractivity contribution in [2.24, 2.45) is 11.3 Å². The topological polar surface area (TPSA) is 21.3 Å². The van der Waals surface area contributed by atoms with E-state index < -0.39 is 0 Å². The van der Waals surface area contributed by atoms with Gasteiger partial charge in [0.15, 0.2) is 0 Å². The molecule has 19 heavy (non-hydrogen) atoms. The zero-order chi connectivity index (χ0) is 12.8. The molecule has 1 aliphatic heterocycles. The van der Waals surface area contributed by atoms with Gasteiger partial charge in [0.1, 0.15) is 0 Å². The molecule has 1 unspecified atom stereocenters. The van der Waals surface area contributed by atoms with Crippen LogP contribution in [0, 0.1) is 11.3 Å². The molecule has 2 heteroatoms. The summed E-state index contributed by atoms with van der Waals surface area (Å²) in [5.41, 5.74) is 1.02. The second-order valence-electron chi connectivity index (χ2n) is 7.80. The van der Waals surface area contributed by atoms with Crippen LogP contribution in [-0.2, 0) is 4.74 Å². The predicted molar refractivity (Wildman–Crippen MR) is 77.2 cm³/mol. The Bertz CT molecular complexity index is 321. The first-order valence-electron chi connectivity index (χ1n) is 8.68. The Kier molecular flexibility index (Phi) is 3.15. The van der Waals surface area contributed by atoms with E-state index in [1.807, 2.05) is 0 Å². The van der Waals surface area contributed by atoms with E-state index in [0.717, 1.165) is 24.0 Å². The minimum atomic E-state index is 0.268. The van der Waals surface area contributed by atoms with Crippen LogP contribution in [0.2, 0.25) is 0 Å². The monoisotopic (exact) mass is 263 g/mol. The van der Waals surface area contributed by atoms with E-state index in [2.05, 4.69) is 5.32 Å². The Morgan fingerprint density at radius 3 is 2.42 bits per heavy atom. The molecule has 0 aromatic rings. The van der Waals surface area contributed by atoms with Gasteiger partial charge in [0, 0.05) is 19.2 Å². The molecule has 3 saturated carbocycles. The van der Waals surface area contributed by atoms with E-state index in [9.17, 15) is 0 Å². The van der Waals surface area contributed by atoms with Crippen LogP contribution in [0.5, 0.6) is 0 Å². The maximum atomic E-state index is 6.20. The van der Waals surface area contributed by atoms with Gasteiger partial charge in [-0.05, 0) is 62.7 Å². The fourth-order valence-electron chi connectivity index (χ4n) is 4.68. The first-order chi connectivity index (χ1) is 9.30. The normalized spacial score (nSPS) is 36.3. The van der Waals surface area contributed by atoms with Crippen molar-refractivity contribution in [3.05, 3.63) is 0 Å². The number of hydrogen-bond donors (Lipinski definition) is 1. The van der Waals surface area contributed by atoms with Crippen molar-refractivity contribution in [2.75, 3.05) is 13.2 Å². The summed E-state index contributed by atoms with van der Waals surface area (Å²) in [6.07, 6.45) is 15.4. The maximum absolute atomic E-state index is 6.20. The van der Waals surface area contributed by atoms with Crippen LogP contribution in [0.25, 0.3) is 0 Å². The zero-order valence-electron chi connectivity index (χ0n) is 12.3. The summed E-state index contributed by atoms with van der Waals surface area (Å²) in [6.45, 7) is 2.30. The molecule has 1 heterocycles. The smallest absolute Gasteiger partial charge is 0.0697 e. The molecule has 0 radical (unpaired) electrons. The third kappa shape index (κ3) is 2.58. The third-order valence-electron chi connectivity index (χ3n) is 6.34. The van der Waals surface area contributed by atoms with Crippen molar-refractivity contribution < 1.29 is 4.74 Å². The number of rotatable bonds is 4. The largest absolute Gasteiger partial charge is 0.375 e. The summed E-state index contributed by atoms with van der Waals surface area (Å²) < 4.78 is 6.20. The standard InChI is InChI=1S/C17H29NO/c1-2-7-17(8-3-1)12-15(6-11-19-17)18-13-16(9-10-16)14-4-5-14/h14-15,18H,1-13H2. The average Bonchev–Trinajstić information content (AvgIpc) is 3.29. The highest BCUT2D eigenvalue weighted by Gasteiger charge is 2.53. The van der Waals surface area contributed by atoms with Gasteiger partial charge in [0.05, 0.1) is 5.60 Å². The molecule has 1 N–H and O–H groups in total. The first-order valence-corrected chi connectivity index (χ1v) is 8.68. The zero-order valence-corrected chi connectivity index (χ0v) is 12.3. The molecule has 4 rings (SSSR count). The van der Waals surface area contributed by atoms with Crippen LogP contribution < -0.4 is 5.32 Å². The van der Waals surface area contributed by atoms with Crippen LogP contribution >= 0.6 is 0 Å². The van der Waals surface area contributed by atoms with Gasteiger partial charge in [-0.2, -0.15) is 0 Å². The van der Waals surface area contributed by atoms with Gasteiger partial charge in [0.25, 0.3) is 0 Å². The number of hydrogen-bond acceptors (Lipinski definition) is 2. The van der Waals surface area contributed by atoms with E-state index in [4.69, 9.17) is 4.74 Å². The molecular weight excluding hydrogens is 234 g/mol. The Morgan fingerprint density at radius 1 is 0.947 bits per heavy atom. The maximum Gasteiger partial charge on any atom is 0.0697 e. The van der Waals surface area contributed by atoms with Gasteiger partial charge < -0.3 is 10.1 Å². The molecular formula is C17H29NO. The van der Waals surface area contributed by atoms with Gasteiger partial charge >= 0.3 is 0 Å². The Hall–Kier alpha value is -0.0800. The first kappa shape index (κ1) is 12.6. The molecule has 0 amide bonds. The van der Waals surface area contributed by atoms with Gasteiger partial charge in [-0.15, -0.1) is 0 Å². The molecule has 4 aliphatic rings. The fourth-order valence-corrected chi connectivity index (χ4v) is 4.68. The van der Waals surface area contributed by atoms with Gasteiger partial charge in [0.2, 0.25) is 0 Å². The quantitative estimate of drug-likeness (QED) is 0.836. The summed E-state index contributed by atoms with van der Waals surface area (Å²) in [4.78, 5) is 0. The predicted octanol–water partition coefficient (Wildman–Crippen LogP) is 3.65. The van der Waals surface area contributed by atoms with E-state index >= 15 is 0 Å². The lowest BCUT2D eigenvalue weighted by Crippen LogP contribution is -2.49. The van der Waals surface area contributed by atoms with Crippen molar-refractivity contribution in [1.29, 1.82) is 0 Å². The molecule has 1 atom stereocenters. The van der Waals surface area contributed by atoms with E-state index in [0.29, 0.717) is 0 Å². The minimum absolute atomic E-state index is 0.268. The second-order valence-corrected chi connectivity index (χ2v) is 7.80. The lowest BCUT2D eigenvalue weighted by molar-refractivity contribution is -0.109. The van der Waals surface area contributed by atoms with Crippen LogP contribution in [0.4, 0.5) is 0 Å². The summed E-state index contributed by atoms with van der Waals surface area (Å²) in [7, 11) is 0. The number of ether oxygens (including phenoxy) is 1. The van der Waals surface area contributed by atoms with Crippen LogP contribution in [0.1, 0.15) is 70.6 Å². The lowest BCUT2D eigenvalue weighted by atomic mass is 9.78. The van der Waals surface area contributed by atoms with Crippen molar-refractivity contribution >= 4 is 0 Å². The summed E-state index contributed by atoms with van der Waals surface area (Å²) >= 11 is 0. The molecule has 0 aromatic heterocycles. The van der Waals surface area contributed by atoms with Crippen molar-refractivity contribution in [1.82, 2.24) is 5.32 Å². The van der Waals surface area contributed by atoms with Crippen LogP contribution in [0.3, 0.4) is 0 Å². The van der Waals surface area contributed by atoms with Crippen molar-refractivity contribution in [3.8, 4) is 0 Å². The average molecular weight is 263 g/mol. The molecule has 0 aromatic carbocycles. The van der Waals surface area contributed by atoms with E-state index in [-0.39, 0.29) is 5.60 Å². The molecule has 1 saturated heterocycles. The second kappa shape index (κ2) is 4.73. The highest BCUT2D eigenvalue weighted by atomic mass is 16.5. The highest BCUT2D eigenvalue weighted by Crippen LogP contribution is 2.60. The van der Waals surface area contributed by atoms with Gasteiger partial charge in [-0.25, -0.2) is 0 Å². The molecule has 3 aliphatic carbocycles. The van der Waals surface area contributed by atoms with Crippen LogP contribution in [-0.4, -0.2) is 24.8 Å². The van der Waals surface area contributed by atoms with Crippen LogP contribution in [0.15, 0.2) is 0 Å². The Balaban J connectivity index is 1.31. The SMILES string of the molecule is C1CCC2(CC1)CC(NCC1(C3CC3)CC1)CCO2. The lowest BCUT2D eigenvalue weighted by Gasteiger charge is -2.44. The number of nitrogens with one attached hydrogen (secondary N) is 1. The summed E-state index contributed by atoms with van der Waals surface area (Å²) in [6, 6.07) is 0.739. The van der Waals surface area contributed by atoms with Gasteiger partial charge in [-0.3, -0.25) is 0 Å².